The van der Waals surface area contributed by atoms with Gasteiger partial charge in [-0.2, -0.15) is 0 Å². The Kier molecular flexibility index (Phi) is 26.7. The third kappa shape index (κ3) is 25.5. The highest BCUT2D eigenvalue weighted by molar-refractivity contribution is 5.70. The van der Waals surface area contributed by atoms with E-state index in [-0.39, 0.29) is 25.2 Å². The van der Waals surface area contributed by atoms with Gasteiger partial charge in [-0.3, -0.25) is 9.59 Å². The highest BCUT2D eigenvalue weighted by Crippen LogP contribution is 2.11. The number of rotatable bonds is 26. The van der Waals surface area contributed by atoms with Crippen LogP contribution in [-0.2, 0) is 19.1 Å². The maximum atomic E-state index is 12.0. The molecule has 0 aliphatic rings. The molecule has 5 heteroatoms. The van der Waals surface area contributed by atoms with Crippen molar-refractivity contribution in [2.24, 2.45) is 0 Å². The van der Waals surface area contributed by atoms with E-state index in [0.29, 0.717) is 12.8 Å². The minimum atomic E-state index is -0.766. The number of ether oxygens (including phenoxy) is 2. The van der Waals surface area contributed by atoms with Gasteiger partial charge in [-0.15, -0.1) is 0 Å². The third-order valence-corrected chi connectivity index (χ3v) is 6.25. The molecule has 1 unspecified atom stereocenters. The molecule has 0 bridgehead atoms. The first-order chi connectivity index (χ1) is 17.6. The number of carbonyl (C=O) groups excluding carboxylic acids is 2. The van der Waals surface area contributed by atoms with Gasteiger partial charge in [-0.05, 0) is 44.9 Å². The zero-order valence-corrected chi connectivity index (χ0v) is 23.5. The summed E-state index contributed by atoms with van der Waals surface area (Å²) >= 11 is 0. The van der Waals surface area contributed by atoms with Gasteiger partial charge in [0.25, 0.3) is 0 Å². The van der Waals surface area contributed by atoms with Crippen molar-refractivity contribution < 1.29 is 24.2 Å². The highest BCUT2D eigenvalue weighted by atomic mass is 16.6. The van der Waals surface area contributed by atoms with Gasteiger partial charge in [0.15, 0.2) is 6.10 Å². The normalized spacial score (nSPS) is 12.4. The van der Waals surface area contributed by atoms with Crippen molar-refractivity contribution in [1.82, 2.24) is 0 Å². The van der Waals surface area contributed by atoms with E-state index >= 15 is 0 Å². The number of hydrogen-bond donors (Lipinski definition) is 1. The molecule has 0 aromatic heterocycles. The highest BCUT2D eigenvalue weighted by Gasteiger charge is 2.16. The summed E-state index contributed by atoms with van der Waals surface area (Å²) in [7, 11) is 0. The van der Waals surface area contributed by atoms with E-state index in [1.165, 1.54) is 64.2 Å². The summed E-state index contributed by atoms with van der Waals surface area (Å²) in [5, 5.41) is 9.41. The van der Waals surface area contributed by atoms with Gasteiger partial charge < -0.3 is 14.6 Å². The van der Waals surface area contributed by atoms with Crippen LogP contribution in [0, 0.1) is 0 Å². The fourth-order valence-corrected chi connectivity index (χ4v) is 3.93. The van der Waals surface area contributed by atoms with Gasteiger partial charge in [0, 0.05) is 12.8 Å². The molecule has 0 rings (SSSR count). The molecular formula is C31H56O5. The van der Waals surface area contributed by atoms with E-state index in [1.807, 2.05) is 0 Å². The molecule has 0 radical (unpaired) electrons. The van der Waals surface area contributed by atoms with Crippen LogP contribution in [0.5, 0.6) is 0 Å². The number of carbonyl (C=O) groups is 2. The van der Waals surface area contributed by atoms with E-state index in [4.69, 9.17) is 9.47 Å². The molecular weight excluding hydrogens is 452 g/mol. The molecule has 0 fully saturated rings. The molecule has 0 aromatic rings. The molecule has 0 aliphatic carbocycles. The maximum Gasteiger partial charge on any atom is 0.306 e. The van der Waals surface area contributed by atoms with Gasteiger partial charge in [0.2, 0.25) is 0 Å². The second-order valence-electron chi connectivity index (χ2n) is 9.83. The lowest BCUT2D eigenvalue weighted by Gasteiger charge is -2.15. The molecule has 0 aliphatic heterocycles. The van der Waals surface area contributed by atoms with Gasteiger partial charge in [0.05, 0.1) is 6.61 Å². The van der Waals surface area contributed by atoms with Crippen molar-refractivity contribution in [3.63, 3.8) is 0 Å². The summed E-state index contributed by atoms with van der Waals surface area (Å²) in [6, 6.07) is 0. The SMILES string of the molecule is CCCCC/C=C\C/C=C\CCCCCCCCCC(=O)OC(CO)COC(=O)CCCCCCC. The van der Waals surface area contributed by atoms with Crippen molar-refractivity contribution in [1.29, 1.82) is 0 Å². The molecule has 0 saturated carbocycles. The lowest BCUT2D eigenvalue weighted by atomic mass is 10.1. The molecule has 0 spiro atoms. The average molecular weight is 509 g/mol. The molecule has 210 valence electrons. The first-order valence-corrected chi connectivity index (χ1v) is 14.9. The number of aliphatic hydroxyl groups is 1. The number of unbranched alkanes of at least 4 members (excludes halogenated alkanes) is 14. The van der Waals surface area contributed by atoms with Crippen LogP contribution in [0.3, 0.4) is 0 Å². The van der Waals surface area contributed by atoms with Gasteiger partial charge >= 0.3 is 11.9 Å². The lowest BCUT2D eigenvalue weighted by molar-refractivity contribution is -0.161. The zero-order chi connectivity index (χ0) is 26.5. The van der Waals surface area contributed by atoms with Crippen molar-refractivity contribution in [2.75, 3.05) is 13.2 Å². The number of allylic oxidation sites excluding steroid dienone is 4. The topological polar surface area (TPSA) is 72.8 Å². The van der Waals surface area contributed by atoms with Crippen LogP contribution in [0.1, 0.15) is 142 Å². The molecule has 0 aromatic carbocycles. The first kappa shape index (κ1) is 34.4. The second kappa shape index (κ2) is 28.0. The Labute approximate surface area is 222 Å². The summed E-state index contributed by atoms with van der Waals surface area (Å²) in [6.45, 7) is 3.99. The standard InChI is InChI=1S/C31H56O5/c1-3-5-7-9-10-11-12-13-14-15-16-17-18-19-20-22-24-26-31(34)36-29(27-32)28-35-30(33)25-23-21-8-6-4-2/h10-11,13-14,29,32H,3-9,12,15-28H2,1-2H3/b11-10-,14-13-. The van der Waals surface area contributed by atoms with E-state index in [1.54, 1.807) is 0 Å². The van der Waals surface area contributed by atoms with Crippen LogP contribution in [-0.4, -0.2) is 36.4 Å². The third-order valence-electron chi connectivity index (χ3n) is 6.25. The zero-order valence-electron chi connectivity index (χ0n) is 23.5. The Morgan fingerprint density at radius 2 is 1.11 bits per heavy atom. The summed E-state index contributed by atoms with van der Waals surface area (Å²) in [5.41, 5.74) is 0. The van der Waals surface area contributed by atoms with Crippen LogP contribution >= 0.6 is 0 Å². The molecule has 1 N–H and O–H groups in total. The fourth-order valence-electron chi connectivity index (χ4n) is 3.93. The van der Waals surface area contributed by atoms with Gasteiger partial charge in [-0.1, -0.05) is 109 Å². The summed E-state index contributed by atoms with van der Waals surface area (Å²) in [6.07, 6.45) is 29.7. The predicted octanol–water partition coefficient (Wildman–Crippen LogP) is 8.39. The minimum Gasteiger partial charge on any atom is -0.462 e. The first-order valence-electron chi connectivity index (χ1n) is 14.9. The number of aliphatic hydroxyl groups excluding tert-OH is 1. The van der Waals surface area contributed by atoms with Crippen molar-refractivity contribution in [3.05, 3.63) is 24.3 Å². The Hall–Kier alpha value is -1.62. The molecule has 5 nitrogen and oxygen atoms in total. The smallest absolute Gasteiger partial charge is 0.306 e. The minimum absolute atomic E-state index is 0.0685. The monoisotopic (exact) mass is 508 g/mol. The van der Waals surface area contributed by atoms with Crippen LogP contribution < -0.4 is 0 Å². The summed E-state index contributed by atoms with van der Waals surface area (Å²) in [4.78, 5) is 23.8. The summed E-state index contributed by atoms with van der Waals surface area (Å²) in [5.74, 6) is -0.616. The van der Waals surface area contributed by atoms with Crippen LogP contribution in [0.25, 0.3) is 0 Å². The van der Waals surface area contributed by atoms with Gasteiger partial charge in [0.1, 0.15) is 6.61 Å². The lowest BCUT2D eigenvalue weighted by Crippen LogP contribution is -2.28. The molecule has 36 heavy (non-hydrogen) atoms. The molecule has 0 heterocycles. The maximum absolute atomic E-state index is 12.0. The van der Waals surface area contributed by atoms with Crippen LogP contribution in [0.15, 0.2) is 24.3 Å². The van der Waals surface area contributed by atoms with E-state index in [0.717, 1.165) is 51.4 Å². The molecule has 1 atom stereocenters. The fraction of sp³-hybridized carbons (Fsp3) is 0.806. The van der Waals surface area contributed by atoms with Crippen molar-refractivity contribution in [3.8, 4) is 0 Å². The summed E-state index contributed by atoms with van der Waals surface area (Å²) < 4.78 is 10.4. The average Bonchev–Trinajstić information content (AvgIpc) is 2.88. The van der Waals surface area contributed by atoms with Crippen LogP contribution in [0.2, 0.25) is 0 Å². The Bertz CT molecular complexity index is 555. The predicted molar refractivity (Wildman–Crippen MR) is 150 cm³/mol. The number of hydrogen-bond acceptors (Lipinski definition) is 5. The van der Waals surface area contributed by atoms with Crippen molar-refractivity contribution in [2.45, 2.75) is 148 Å². The Balaban J connectivity index is 3.57. The molecule has 0 saturated heterocycles. The van der Waals surface area contributed by atoms with E-state index in [2.05, 4.69) is 38.2 Å². The van der Waals surface area contributed by atoms with Crippen LogP contribution in [0.4, 0.5) is 0 Å². The van der Waals surface area contributed by atoms with E-state index < -0.39 is 6.10 Å². The largest absolute Gasteiger partial charge is 0.462 e. The number of esters is 2. The van der Waals surface area contributed by atoms with Crippen molar-refractivity contribution >= 4 is 11.9 Å². The Morgan fingerprint density at radius 3 is 1.69 bits per heavy atom. The second-order valence-corrected chi connectivity index (χ2v) is 9.83. The molecule has 0 amide bonds. The Morgan fingerprint density at radius 1 is 0.639 bits per heavy atom. The van der Waals surface area contributed by atoms with E-state index in [9.17, 15) is 14.7 Å². The van der Waals surface area contributed by atoms with Gasteiger partial charge in [-0.25, -0.2) is 0 Å². The quantitative estimate of drug-likeness (QED) is 0.0721.